The maximum absolute atomic E-state index is 11.6. The highest BCUT2D eigenvalue weighted by molar-refractivity contribution is 5.82. The maximum atomic E-state index is 11.6. The summed E-state index contributed by atoms with van der Waals surface area (Å²) < 4.78 is 0. The molecule has 1 aromatic carbocycles. The minimum Gasteiger partial charge on any atom is -0.370 e. The highest BCUT2D eigenvalue weighted by Crippen LogP contribution is 2.22. The topological polar surface area (TPSA) is 75.4 Å². The summed E-state index contributed by atoms with van der Waals surface area (Å²) in [5.41, 5.74) is 7.40. The molecule has 0 bridgehead atoms. The fourth-order valence-electron chi connectivity index (χ4n) is 3.47. The van der Waals surface area contributed by atoms with Crippen LogP contribution < -0.4 is 11.1 Å². The number of piperidine rings is 1. The lowest BCUT2D eigenvalue weighted by atomic mass is 9.91. The molecule has 2 rings (SSSR count). The SMILES string of the molecule is CC1CC(C)CN(Cc2ccc(CNC(=O)CCC(N)=O)cc2)C1. The van der Waals surface area contributed by atoms with Crippen LogP contribution in [0.2, 0.25) is 0 Å². The number of likely N-dealkylation sites (tertiary alicyclic amines) is 1. The van der Waals surface area contributed by atoms with Gasteiger partial charge in [-0.3, -0.25) is 14.5 Å². The third-order valence-electron chi connectivity index (χ3n) is 4.46. The molecular weight excluding hydrogens is 302 g/mol. The number of nitrogens with two attached hydrogens (primary N) is 1. The number of nitrogens with zero attached hydrogens (tertiary/aromatic N) is 1. The zero-order valence-electron chi connectivity index (χ0n) is 14.8. The molecular formula is C19H29N3O2. The van der Waals surface area contributed by atoms with E-state index in [4.69, 9.17) is 5.73 Å². The van der Waals surface area contributed by atoms with Gasteiger partial charge < -0.3 is 11.1 Å². The van der Waals surface area contributed by atoms with Crippen molar-refractivity contribution < 1.29 is 9.59 Å². The average Bonchev–Trinajstić information content (AvgIpc) is 2.51. The molecule has 0 aromatic heterocycles. The van der Waals surface area contributed by atoms with E-state index in [1.165, 1.54) is 25.1 Å². The molecule has 0 aliphatic carbocycles. The molecule has 5 heteroatoms. The summed E-state index contributed by atoms with van der Waals surface area (Å²) in [5.74, 6) is 0.942. The normalized spacial score (nSPS) is 21.4. The Kier molecular flexibility index (Phi) is 6.79. The quantitative estimate of drug-likeness (QED) is 0.803. The smallest absolute Gasteiger partial charge is 0.220 e. The van der Waals surface area contributed by atoms with Gasteiger partial charge in [-0.2, -0.15) is 0 Å². The molecule has 2 amide bonds. The number of nitrogens with one attached hydrogen (secondary N) is 1. The zero-order chi connectivity index (χ0) is 17.5. The van der Waals surface area contributed by atoms with Crippen LogP contribution >= 0.6 is 0 Å². The van der Waals surface area contributed by atoms with E-state index in [1.54, 1.807) is 0 Å². The van der Waals surface area contributed by atoms with Crippen molar-refractivity contribution in [3.8, 4) is 0 Å². The molecule has 3 N–H and O–H groups in total. The first-order valence-corrected chi connectivity index (χ1v) is 8.77. The molecule has 0 saturated carbocycles. The van der Waals surface area contributed by atoms with Crippen molar-refractivity contribution in [1.29, 1.82) is 0 Å². The number of carbonyl (C=O) groups is 2. The van der Waals surface area contributed by atoms with Gasteiger partial charge in [0.1, 0.15) is 0 Å². The molecule has 2 atom stereocenters. The first-order valence-electron chi connectivity index (χ1n) is 8.77. The van der Waals surface area contributed by atoms with E-state index < -0.39 is 5.91 Å². The van der Waals surface area contributed by atoms with E-state index in [0.29, 0.717) is 6.54 Å². The van der Waals surface area contributed by atoms with Gasteiger partial charge in [-0.15, -0.1) is 0 Å². The standard InChI is InChI=1S/C19H29N3O2/c1-14-9-15(2)12-22(11-14)13-17-5-3-16(4-6-17)10-21-19(24)8-7-18(20)23/h3-6,14-15H,7-13H2,1-2H3,(H2,20,23)(H,21,24). The zero-order valence-corrected chi connectivity index (χ0v) is 14.8. The van der Waals surface area contributed by atoms with Crippen molar-refractivity contribution in [3.63, 3.8) is 0 Å². The Bertz CT molecular complexity index is 546. The highest BCUT2D eigenvalue weighted by Gasteiger charge is 2.21. The number of hydrogen-bond donors (Lipinski definition) is 2. The van der Waals surface area contributed by atoms with Crippen LogP contribution in [0, 0.1) is 11.8 Å². The summed E-state index contributed by atoms with van der Waals surface area (Å²) in [6, 6.07) is 8.38. The van der Waals surface area contributed by atoms with E-state index in [9.17, 15) is 9.59 Å². The Hall–Kier alpha value is -1.88. The summed E-state index contributed by atoms with van der Waals surface area (Å²) in [6.07, 6.45) is 1.57. The third kappa shape index (κ3) is 6.32. The van der Waals surface area contributed by atoms with Crippen LogP contribution in [0.15, 0.2) is 24.3 Å². The minimum atomic E-state index is -0.448. The van der Waals surface area contributed by atoms with Gasteiger partial charge in [0.2, 0.25) is 11.8 Å². The number of carbonyl (C=O) groups excluding carboxylic acids is 2. The summed E-state index contributed by atoms with van der Waals surface area (Å²) in [7, 11) is 0. The number of primary amides is 1. The lowest BCUT2D eigenvalue weighted by Gasteiger charge is -2.35. The molecule has 24 heavy (non-hydrogen) atoms. The first-order chi connectivity index (χ1) is 11.4. The maximum Gasteiger partial charge on any atom is 0.220 e. The number of rotatable bonds is 7. The van der Waals surface area contributed by atoms with E-state index >= 15 is 0 Å². The van der Waals surface area contributed by atoms with Gasteiger partial charge in [0.15, 0.2) is 0 Å². The van der Waals surface area contributed by atoms with Gasteiger partial charge in [-0.1, -0.05) is 38.1 Å². The van der Waals surface area contributed by atoms with Gasteiger partial charge >= 0.3 is 0 Å². The van der Waals surface area contributed by atoms with Crippen LogP contribution in [-0.4, -0.2) is 29.8 Å². The fourth-order valence-corrected chi connectivity index (χ4v) is 3.47. The summed E-state index contributed by atoms with van der Waals surface area (Å²) in [6.45, 7) is 8.46. The molecule has 1 aliphatic rings. The third-order valence-corrected chi connectivity index (χ3v) is 4.46. The van der Waals surface area contributed by atoms with Crippen LogP contribution in [0.4, 0.5) is 0 Å². The van der Waals surface area contributed by atoms with Crippen molar-refractivity contribution in [2.24, 2.45) is 17.6 Å². The lowest BCUT2D eigenvalue weighted by Crippen LogP contribution is -2.38. The highest BCUT2D eigenvalue weighted by atomic mass is 16.2. The Labute approximate surface area is 144 Å². The number of amides is 2. The van der Waals surface area contributed by atoms with Gasteiger partial charge in [-0.25, -0.2) is 0 Å². The second-order valence-corrected chi connectivity index (χ2v) is 7.20. The Morgan fingerprint density at radius 2 is 1.67 bits per heavy atom. The van der Waals surface area contributed by atoms with E-state index in [-0.39, 0.29) is 18.7 Å². The lowest BCUT2D eigenvalue weighted by molar-refractivity contribution is -0.125. The van der Waals surface area contributed by atoms with Crippen molar-refractivity contribution in [1.82, 2.24) is 10.2 Å². The van der Waals surface area contributed by atoms with Crippen LogP contribution in [0.1, 0.15) is 44.2 Å². The first kappa shape index (κ1) is 18.5. The molecule has 0 spiro atoms. The van der Waals surface area contributed by atoms with Crippen molar-refractivity contribution in [2.75, 3.05) is 13.1 Å². The average molecular weight is 331 g/mol. The van der Waals surface area contributed by atoms with Crippen LogP contribution in [-0.2, 0) is 22.7 Å². The van der Waals surface area contributed by atoms with Crippen LogP contribution in [0.25, 0.3) is 0 Å². The van der Waals surface area contributed by atoms with E-state index in [2.05, 4.69) is 48.3 Å². The van der Waals surface area contributed by atoms with Gasteiger partial charge in [0.25, 0.3) is 0 Å². The van der Waals surface area contributed by atoms with Gasteiger partial charge in [0, 0.05) is 39.0 Å². The largest absolute Gasteiger partial charge is 0.370 e. The van der Waals surface area contributed by atoms with Crippen molar-refractivity contribution in [2.45, 2.75) is 46.2 Å². The van der Waals surface area contributed by atoms with Crippen molar-refractivity contribution in [3.05, 3.63) is 35.4 Å². The molecule has 132 valence electrons. The fraction of sp³-hybridized carbons (Fsp3) is 0.579. The van der Waals surface area contributed by atoms with Gasteiger partial charge in [-0.05, 0) is 29.4 Å². The molecule has 2 unspecified atom stereocenters. The Balaban J connectivity index is 1.78. The molecule has 1 saturated heterocycles. The second-order valence-electron chi connectivity index (χ2n) is 7.20. The second kappa shape index (κ2) is 8.83. The summed E-state index contributed by atoms with van der Waals surface area (Å²) >= 11 is 0. The number of hydrogen-bond acceptors (Lipinski definition) is 3. The molecule has 5 nitrogen and oxygen atoms in total. The monoisotopic (exact) mass is 331 g/mol. The summed E-state index contributed by atoms with van der Waals surface area (Å²) in [5, 5.41) is 2.81. The minimum absolute atomic E-state index is 0.0947. The Morgan fingerprint density at radius 3 is 2.25 bits per heavy atom. The van der Waals surface area contributed by atoms with Crippen molar-refractivity contribution >= 4 is 11.8 Å². The molecule has 1 fully saturated rings. The van der Waals surface area contributed by atoms with Crippen LogP contribution in [0.3, 0.4) is 0 Å². The summed E-state index contributed by atoms with van der Waals surface area (Å²) in [4.78, 5) is 24.8. The van der Waals surface area contributed by atoms with Crippen LogP contribution in [0.5, 0.6) is 0 Å². The molecule has 1 aromatic rings. The molecule has 0 radical (unpaired) electrons. The predicted octanol–water partition coefficient (Wildman–Crippen LogP) is 2.05. The Morgan fingerprint density at radius 1 is 1.08 bits per heavy atom. The molecule has 1 heterocycles. The molecule has 1 aliphatic heterocycles. The van der Waals surface area contributed by atoms with E-state index in [1.807, 2.05) is 0 Å². The predicted molar refractivity (Wildman–Crippen MR) is 94.9 cm³/mol. The number of benzene rings is 1. The van der Waals surface area contributed by atoms with Gasteiger partial charge in [0.05, 0.1) is 0 Å². The van der Waals surface area contributed by atoms with E-state index in [0.717, 1.165) is 23.9 Å².